The van der Waals surface area contributed by atoms with Gasteiger partial charge < -0.3 is 10.6 Å². The van der Waals surface area contributed by atoms with Gasteiger partial charge in [-0.1, -0.05) is 6.92 Å². The van der Waals surface area contributed by atoms with Crippen molar-refractivity contribution in [1.82, 2.24) is 25.2 Å². The van der Waals surface area contributed by atoms with Crippen molar-refractivity contribution in [3.05, 3.63) is 30.4 Å². The van der Waals surface area contributed by atoms with E-state index in [9.17, 15) is 4.79 Å². The third kappa shape index (κ3) is 2.51. The number of nitrogens with zero attached hydrogens (tertiary/aromatic N) is 3. The minimum absolute atomic E-state index is 0.0835. The summed E-state index contributed by atoms with van der Waals surface area (Å²) in [4.78, 5) is 16.3. The predicted molar refractivity (Wildman–Crippen MR) is 75.5 cm³/mol. The van der Waals surface area contributed by atoms with Gasteiger partial charge in [-0.15, -0.1) is 0 Å². The predicted octanol–water partition coefficient (Wildman–Crippen LogP) is 0.849. The molecule has 20 heavy (non-hydrogen) atoms. The van der Waals surface area contributed by atoms with Gasteiger partial charge in [-0.05, 0) is 24.8 Å². The average molecular weight is 273 g/mol. The van der Waals surface area contributed by atoms with Crippen molar-refractivity contribution in [3.63, 3.8) is 0 Å². The second-order valence-electron chi connectivity index (χ2n) is 5.74. The molecule has 3 heterocycles. The van der Waals surface area contributed by atoms with Crippen LogP contribution in [-0.2, 0) is 0 Å². The van der Waals surface area contributed by atoms with Crippen LogP contribution < -0.4 is 10.6 Å². The molecule has 1 aliphatic heterocycles. The van der Waals surface area contributed by atoms with Gasteiger partial charge in [-0.25, -0.2) is 4.52 Å². The number of amides is 1. The Morgan fingerprint density at radius 1 is 1.55 bits per heavy atom. The molecule has 0 radical (unpaired) electrons. The number of carbonyl (C=O) groups excluding carboxylic acids is 1. The van der Waals surface area contributed by atoms with Crippen molar-refractivity contribution >= 4 is 11.4 Å². The first kappa shape index (κ1) is 13.1. The van der Waals surface area contributed by atoms with Gasteiger partial charge in [0, 0.05) is 25.5 Å². The number of hydrogen-bond acceptors (Lipinski definition) is 4. The molecule has 1 aliphatic rings. The molecule has 0 aliphatic carbocycles. The summed E-state index contributed by atoms with van der Waals surface area (Å²) >= 11 is 0. The van der Waals surface area contributed by atoms with E-state index < -0.39 is 0 Å². The number of nitrogens with one attached hydrogen (secondary N) is 2. The first-order valence-electron chi connectivity index (χ1n) is 6.94. The lowest BCUT2D eigenvalue weighted by Gasteiger charge is -2.34. The summed E-state index contributed by atoms with van der Waals surface area (Å²) < 4.78 is 1.66. The molecule has 2 aromatic heterocycles. The highest BCUT2D eigenvalue weighted by atomic mass is 16.1. The Morgan fingerprint density at radius 3 is 3.25 bits per heavy atom. The van der Waals surface area contributed by atoms with Crippen LogP contribution in [0.1, 0.15) is 30.1 Å². The summed E-state index contributed by atoms with van der Waals surface area (Å²) in [6, 6.07) is 0. The van der Waals surface area contributed by atoms with Gasteiger partial charge in [0.15, 0.2) is 0 Å². The van der Waals surface area contributed by atoms with E-state index >= 15 is 0 Å². The highest BCUT2D eigenvalue weighted by molar-refractivity contribution is 6.00. The summed E-state index contributed by atoms with van der Waals surface area (Å²) in [5.41, 5.74) is 1.44. The summed E-state index contributed by atoms with van der Waals surface area (Å²) in [5, 5.41) is 10.6. The van der Waals surface area contributed by atoms with Crippen LogP contribution in [0.4, 0.5) is 0 Å². The van der Waals surface area contributed by atoms with Crippen molar-refractivity contribution in [1.29, 1.82) is 0 Å². The largest absolute Gasteiger partial charge is 0.351 e. The monoisotopic (exact) mass is 273 g/mol. The fourth-order valence-corrected chi connectivity index (χ4v) is 2.67. The topological polar surface area (TPSA) is 71.3 Å². The standard InChI is InChI=1S/C14H19N5O/c1-14(3-2-4-16-9-14)10-17-13(20)11-7-18-19-6-5-15-8-12(11)19/h5-8,16H,2-4,9-10H2,1H3,(H,17,20). The summed E-state index contributed by atoms with van der Waals surface area (Å²) in [6.07, 6.45) is 8.93. The van der Waals surface area contributed by atoms with Crippen molar-refractivity contribution < 1.29 is 4.79 Å². The highest BCUT2D eigenvalue weighted by Crippen LogP contribution is 2.24. The Kier molecular flexibility index (Phi) is 3.40. The molecular formula is C14H19N5O. The zero-order valence-corrected chi connectivity index (χ0v) is 11.6. The molecule has 1 saturated heterocycles. The van der Waals surface area contributed by atoms with Gasteiger partial charge in [0.2, 0.25) is 0 Å². The van der Waals surface area contributed by atoms with Gasteiger partial charge in [0.25, 0.3) is 5.91 Å². The van der Waals surface area contributed by atoms with Gasteiger partial charge >= 0.3 is 0 Å². The lowest BCUT2D eigenvalue weighted by Crippen LogP contribution is -2.45. The summed E-state index contributed by atoms with van der Waals surface area (Å²) in [6.45, 7) is 4.90. The van der Waals surface area contributed by atoms with Crippen LogP contribution in [0.5, 0.6) is 0 Å². The molecule has 0 saturated carbocycles. The quantitative estimate of drug-likeness (QED) is 0.869. The Bertz CT molecular complexity index is 615. The minimum Gasteiger partial charge on any atom is -0.351 e. The fraction of sp³-hybridized carbons (Fsp3) is 0.500. The van der Waals surface area contributed by atoms with Crippen molar-refractivity contribution in [2.75, 3.05) is 19.6 Å². The Morgan fingerprint density at radius 2 is 2.45 bits per heavy atom. The molecule has 6 heteroatoms. The molecule has 0 aromatic carbocycles. The Hall–Kier alpha value is -1.95. The third-order valence-electron chi connectivity index (χ3n) is 3.93. The van der Waals surface area contributed by atoms with E-state index in [0.717, 1.165) is 31.4 Å². The van der Waals surface area contributed by atoms with E-state index in [0.29, 0.717) is 12.1 Å². The van der Waals surface area contributed by atoms with Crippen LogP contribution in [-0.4, -0.2) is 40.1 Å². The van der Waals surface area contributed by atoms with E-state index in [-0.39, 0.29) is 11.3 Å². The summed E-state index contributed by atoms with van der Waals surface area (Å²) in [5.74, 6) is -0.0835. The number of piperidine rings is 1. The second kappa shape index (κ2) is 5.20. The SMILES string of the molecule is CC1(CNC(=O)c2cnn3ccncc23)CCCNC1. The number of rotatable bonds is 3. The van der Waals surface area contributed by atoms with Gasteiger partial charge in [-0.2, -0.15) is 5.10 Å². The smallest absolute Gasteiger partial charge is 0.255 e. The molecule has 6 nitrogen and oxygen atoms in total. The number of aromatic nitrogens is 3. The number of fused-ring (bicyclic) bond motifs is 1. The zero-order chi connectivity index (χ0) is 14.0. The highest BCUT2D eigenvalue weighted by Gasteiger charge is 2.27. The van der Waals surface area contributed by atoms with Gasteiger partial charge in [0.1, 0.15) is 0 Å². The van der Waals surface area contributed by atoms with Crippen molar-refractivity contribution in [3.8, 4) is 0 Å². The summed E-state index contributed by atoms with van der Waals surface area (Å²) in [7, 11) is 0. The van der Waals surface area contributed by atoms with Gasteiger partial charge in [0.05, 0.1) is 23.5 Å². The molecular weight excluding hydrogens is 254 g/mol. The molecule has 0 bridgehead atoms. The first-order chi connectivity index (χ1) is 9.68. The van der Waals surface area contributed by atoms with E-state index in [1.165, 1.54) is 0 Å². The van der Waals surface area contributed by atoms with Crippen LogP contribution in [0.25, 0.3) is 5.52 Å². The lowest BCUT2D eigenvalue weighted by atomic mass is 9.83. The molecule has 106 valence electrons. The van der Waals surface area contributed by atoms with E-state index in [4.69, 9.17) is 0 Å². The van der Waals surface area contributed by atoms with E-state index in [2.05, 4.69) is 27.6 Å². The van der Waals surface area contributed by atoms with Crippen molar-refractivity contribution in [2.45, 2.75) is 19.8 Å². The fourth-order valence-electron chi connectivity index (χ4n) is 2.67. The third-order valence-corrected chi connectivity index (χ3v) is 3.93. The van der Waals surface area contributed by atoms with Gasteiger partial charge in [-0.3, -0.25) is 9.78 Å². The zero-order valence-electron chi connectivity index (χ0n) is 11.6. The minimum atomic E-state index is -0.0835. The van der Waals surface area contributed by atoms with Crippen LogP contribution >= 0.6 is 0 Å². The molecule has 1 amide bonds. The molecule has 1 unspecified atom stereocenters. The molecule has 1 atom stereocenters. The number of hydrogen-bond donors (Lipinski definition) is 2. The molecule has 2 N–H and O–H groups in total. The van der Waals surface area contributed by atoms with Crippen LogP contribution in [0.2, 0.25) is 0 Å². The lowest BCUT2D eigenvalue weighted by molar-refractivity contribution is 0.0926. The van der Waals surface area contributed by atoms with Crippen molar-refractivity contribution in [2.24, 2.45) is 5.41 Å². The molecule has 3 rings (SSSR count). The molecule has 2 aromatic rings. The molecule has 1 fully saturated rings. The second-order valence-corrected chi connectivity index (χ2v) is 5.74. The maximum Gasteiger partial charge on any atom is 0.255 e. The van der Waals surface area contributed by atoms with E-state index in [1.807, 2.05) is 0 Å². The van der Waals surface area contributed by atoms with Crippen LogP contribution in [0.15, 0.2) is 24.8 Å². The first-order valence-corrected chi connectivity index (χ1v) is 6.94. The Labute approximate surface area is 117 Å². The maximum atomic E-state index is 12.3. The van der Waals surface area contributed by atoms with E-state index in [1.54, 1.807) is 29.3 Å². The van der Waals surface area contributed by atoms with Crippen LogP contribution in [0.3, 0.4) is 0 Å². The van der Waals surface area contributed by atoms with Crippen LogP contribution in [0, 0.1) is 5.41 Å². The normalized spacial score (nSPS) is 22.9. The maximum absolute atomic E-state index is 12.3. The number of carbonyl (C=O) groups is 1. The average Bonchev–Trinajstić information content (AvgIpc) is 2.90. The molecule has 0 spiro atoms. The Balaban J connectivity index is 1.70.